The van der Waals surface area contributed by atoms with E-state index in [1.165, 1.54) is 20.5 Å². The Morgan fingerprint density at radius 3 is 2.47 bits per heavy atom. The van der Waals surface area contributed by atoms with Gasteiger partial charge < -0.3 is 0 Å². The Labute approximate surface area is 99.9 Å². The first-order valence-corrected chi connectivity index (χ1v) is 6.28. The first-order valence-electron chi connectivity index (χ1n) is 5.09. The molecule has 0 fully saturated rings. The van der Waals surface area contributed by atoms with Crippen molar-refractivity contribution in [1.82, 2.24) is 0 Å². The normalized spacial score (nSPS) is 12.3. The van der Waals surface area contributed by atoms with Gasteiger partial charge in [-0.1, -0.05) is 44.5 Å². The predicted octanol–water partition coefficient (Wildman–Crippen LogP) is 5.16. The highest BCUT2D eigenvalue weighted by Gasteiger charge is 2.21. The molecule has 0 unspecified atom stereocenters. The van der Waals surface area contributed by atoms with E-state index in [-0.39, 0.29) is 5.41 Å². The second-order valence-electron chi connectivity index (χ2n) is 4.99. The molecule has 0 aliphatic heterocycles. The van der Waals surface area contributed by atoms with Crippen molar-refractivity contribution < 1.29 is 0 Å². The number of halogens is 1. The molecule has 0 amide bonds. The molecule has 0 spiro atoms. The highest BCUT2D eigenvalue weighted by atomic mass is 35.5. The molecule has 1 aromatic carbocycles. The van der Waals surface area contributed by atoms with E-state index in [0.717, 1.165) is 5.02 Å². The van der Waals surface area contributed by atoms with Crippen LogP contribution >= 0.6 is 22.9 Å². The van der Waals surface area contributed by atoms with Crippen molar-refractivity contribution >= 4 is 33.0 Å². The zero-order valence-corrected chi connectivity index (χ0v) is 11.1. The van der Waals surface area contributed by atoms with Crippen LogP contribution in [0.1, 0.15) is 31.2 Å². The summed E-state index contributed by atoms with van der Waals surface area (Å²) in [6.45, 7) is 8.73. The molecule has 1 aromatic heterocycles. The summed E-state index contributed by atoms with van der Waals surface area (Å²) in [6.07, 6.45) is 0. The highest BCUT2D eigenvalue weighted by molar-refractivity contribution is 7.20. The molecule has 0 radical (unpaired) electrons. The van der Waals surface area contributed by atoms with Crippen LogP contribution in [-0.2, 0) is 5.41 Å². The number of hydrogen-bond acceptors (Lipinski definition) is 1. The Morgan fingerprint density at radius 1 is 1.20 bits per heavy atom. The zero-order chi connectivity index (χ0) is 11.2. The summed E-state index contributed by atoms with van der Waals surface area (Å²) in [7, 11) is 0. The van der Waals surface area contributed by atoms with Gasteiger partial charge in [-0.3, -0.25) is 0 Å². The molecule has 2 rings (SSSR count). The van der Waals surface area contributed by atoms with Gasteiger partial charge in [-0.05, 0) is 24.0 Å². The van der Waals surface area contributed by atoms with Crippen LogP contribution in [0.5, 0.6) is 0 Å². The Morgan fingerprint density at radius 2 is 1.87 bits per heavy atom. The molecule has 0 saturated heterocycles. The molecule has 2 heteroatoms. The zero-order valence-electron chi connectivity index (χ0n) is 9.52. The second kappa shape index (κ2) is 3.50. The maximum atomic E-state index is 6.40. The summed E-state index contributed by atoms with van der Waals surface area (Å²) in [4.78, 5) is 1.28. The summed E-state index contributed by atoms with van der Waals surface area (Å²) < 4.78 is 1.30. The van der Waals surface area contributed by atoms with Gasteiger partial charge in [0.1, 0.15) is 0 Å². The van der Waals surface area contributed by atoms with Crippen LogP contribution in [0.15, 0.2) is 18.2 Å². The number of benzene rings is 1. The molecule has 1 heterocycles. The average molecular weight is 239 g/mol. The summed E-state index contributed by atoms with van der Waals surface area (Å²) in [5, 5.41) is 2.12. The van der Waals surface area contributed by atoms with Gasteiger partial charge in [0.2, 0.25) is 0 Å². The van der Waals surface area contributed by atoms with E-state index in [1.807, 2.05) is 11.3 Å². The van der Waals surface area contributed by atoms with E-state index in [1.54, 1.807) is 0 Å². The third-order valence-corrected chi connectivity index (χ3v) is 4.55. The molecule has 0 nitrogen and oxygen atoms in total. The van der Waals surface area contributed by atoms with E-state index in [0.29, 0.717) is 0 Å². The van der Waals surface area contributed by atoms with Gasteiger partial charge in [0.15, 0.2) is 0 Å². The number of rotatable bonds is 0. The molecular formula is C13H15ClS. The van der Waals surface area contributed by atoms with Gasteiger partial charge >= 0.3 is 0 Å². The van der Waals surface area contributed by atoms with Crippen LogP contribution in [0.2, 0.25) is 5.02 Å². The monoisotopic (exact) mass is 238 g/mol. The molecule has 2 aromatic rings. The van der Waals surface area contributed by atoms with Crippen molar-refractivity contribution in [2.24, 2.45) is 0 Å². The van der Waals surface area contributed by atoms with Crippen LogP contribution in [0.4, 0.5) is 0 Å². The van der Waals surface area contributed by atoms with Crippen molar-refractivity contribution in [1.29, 1.82) is 0 Å². The predicted molar refractivity (Wildman–Crippen MR) is 70.3 cm³/mol. The summed E-state index contributed by atoms with van der Waals surface area (Å²) in [5.74, 6) is 0. The first kappa shape index (κ1) is 11.0. The van der Waals surface area contributed by atoms with Crippen LogP contribution in [0.25, 0.3) is 10.1 Å². The molecule has 0 bridgehead atoms. The minimum absolute atomic E-state index is 0.134. The van der Waals surface area contributed by atoms with Gasteiger partial charge in [0.25, 0.3) is 0 Å². The highest BCUT2D eigenvalue weighted by Crippen LogP contribution is 2.42. The molecule has 80 valence electrons. The van der Waals surface area contributed by atoms with Crippen molar-refractivity contribution in [3.63, 3.8) is 0 Å². The van der Waals surface area contributed by atoms with Crippen LogP contribution < -0.4 is 0 Å². The van der Waals surface area contributed by atoms with E-state index in [2.05, 4.69) is 45.9 Å². The summed E-state index contributed by atoms with van der Waals surface area (Å²) in [5.41, 5.74) is 1.43. The van der Waals surface area contributed by atoms with Crippen molar-refractivity contribution in [2.75, 3.05) is 0 Å². The lowest BCUT2D eigenvalue weighted by Gasteiger charge is -2.16. The van der Waals surface area contributed by atoms with Gasteiger partial charge in [0.05, 0.1) is 5.02 Å². The van der Waals surface area contributed by atoms with E-state index < -0.39 is 0 Å². The lowest BCUT2D eigenvalue weighted by molar-refractivity contribution is 0.604. The van der Waals surface area contributed by atoms with Crippen LogP contribution in [0, 0.1) is 6.92 Å². The lowest BCUT2D eigenvalue weighted by atomic mass is 9.94. The van der Waals surface area contributed by atoms with Crippen LogP contribution in [0.3, 0.4) is 0 Å². The average Bonchev–Trinajstić information content (AvgIpc) is 2.42. The van der Waals surface area contributed by atoms with Crippen molar-refractivity contribution in [2.45, 2.75) is 33.1 Å². The maximum absolute atomic E-state index is 6.40. The fraction of sp³-hybridized carbons (Fsp3) is 0.385. The number of fused-ring (bicyclic) bond motifs is 1. The number of hydrogen-bond donors (Lipinski definition) is 0. The topological polar surface area (TPSA) is 0 Å². The molecule has 15 heavy (non-hydrogen) atoms. The van der Waals surface area contributed by atoms with Gasteiger partial charge in [-0.15, -0.1) is 11.3 Å². The van der Waals surface area contributed by atoms with Gasteiger partial charge in [-0.2, -0.15) is 0 Å². The Balaban J connectivity index is 2.75. The number of thiophene rings is 1. The molecule has 0 aliphatic rings. The lowest BCUT2D eigenvalue weighted by Crippen LogP contribution is -2.08. The summed E-state index contributed by atoms with van der Waals surface area (Å²) >= 11 is 8.22. The van der Waals surface area contributed by atoms with Gasteiger partial charge in [0, 0.05) is 15.0 Å². The quantitative estimate of drug-likeness (QED) is 0.595. The Bertz CT molecular complexity index is 503. The fourth-order valence-electron chi connectivity index (χ4n) is 1.65. The Hall–Kier alpha value is -0.530. The smallest absolute Gasteiger partial charge is 0.0629 e. The minimum Gasteiger partial charge on any atom is -0.138 e. The van der Waals surface area contributed by atoms with Crippen molar-refractivity contribution in [3.8, 4) is 0 Å². The van der Waals surface area contributed by atoms with E-state index >= 15 is 0 Å². The molecule has 0 atom stereocenters. The molecule has 0 saturated carbocycles. The molecule has 0 aliphatic carbocycles. The minimum atomic E-state index is 0.134. The maximum Gasteiger partial charge on any atom is 0.0629 e. The van der Waals surface area contributed by atoms with E-state index in [9.17, 15) is 0 Å². The van der Waals surface area contributed by atoms with Gasteiger partial charge in [-0.25, -0.2) is 0 Å². The first-order chi connectivity index (χ1) is 6.89. The fourth-order valence-corrected chi connectivity index (χ4v) is 3.53. The molecular weight excluding hydrogens is 224 g/mol. The standard InChI is InChI=1S/C13H15ClS/c1-8-5-6-9-10(7-8)15-12(11(9)14)13(2,3)4/h5-7H,1-4H3. The van der Waals surface area contributed by atoms with Crippen LogP contribution in [-0.4, -0.2) is 0 Å². The van der Waals surface area contributed by atoms with E-state index in [4.69, 9.17) is 11.6 Å². The number of aryl methyl sites for hydroxylation is 1. The molecule has 0 N–H and O–H groups in total. The largest absolute Gasteiger partial charge is 0.138 e. The van der Waals surface area contributed by atoms with Crippen molar-refractivity contribution in [3.05, 3.63) is 33.7 Å². The summed E-state index contributed by atoms with van der Waals surface area (Å²) in [6, 6.07) is 6.45. The Kier molecular flexibility index (Phi) is 2.56. The SMILES string of the molecule is Cc1ccc2c(Cl)c(C(C)(C)C)sc2c1. The second-order valence-corrected chi connectivity index (χ2v) is 6.42. The third kappa shape index (κ3) is 1.91. The third-order valence-electron chi connectivity index (χ3n) is 2.47.